The molecule has 0 radical (unpaired) electrons. The molecule has 2 aliphatic rings. The summed E-state index contributed by atoms with van der Waals surface area (Å²) in [6.07, 6.45) is 1.71. The summed E-state index contributed by atoms with van der Waals surface area (Å²) in [6, 6.07) is 18.1. The van der Waals surface area contributed by atoms with Crippen LogP contribution in [0.1, 0.15) is 31.2 Å². The van der Waals surface area contributed by atoms with Gasteiger partial charge in [0.2, 0.25) is 5.72 Å². The number of rotatable bonds is 3. The highest BCUT2D eigenvalue weighted by Crippen LogP contribution is 2.47. The molecule has 6 rings (SSSR count). The van der Waals surface area contributed by atoms with Crippen LogP contribution in [0, 0.1) is 5.92 Å². The fourth-order valence-electron chi connectivity index (χ4n) is 4.91. The maximum atomic E-state index is 13.6. The molecule has 0 aliphatic carbocycles. The number of para-hydroxylation sites is 1. The van der Waals surface area contributed by atoms with E-state index in [1.165, 1.54) is 18.3 Å². The first-order valence-corrected chi connectivity index (χ1v) is 12.0. The molecule has 2 aromatic heterocycles. The molecule has 2 aliphatic heterocycles. The number of carbonyl (C=O) groups excluding carboxylic acids is 1. The molecule has 34 heavy (non-hydrogen) atoms. The molecule has 3 atom stereocenters. The fraction of sp³-hybridized carbons (Fsp3) is 0.192. The van der Waals surface area contributed by atoms with Gasteiger partial charge in [-0.3, -0.25) is 14.2 Å². The Kier molecular flexibility index (Phi) is 4.69. The Morgan fingerprint density at radius 2 is 2.00 bits per heavy atom. The van der Waals surface area contributed by atoms with Gasteiger partial charge in [-0.25, -0.2) is 4.99 Å². The second kappa shape index (κ2) is 7.55. The average molecular weight is 491 g/mol. The molecule has 0 saturated carbocycles. The number of aromatic nitrogens is 1. The molecular formula is C26H19ClN2O4S. The van der Waals surface area contributed by atoms with E-state index in [9.17, 15) is 9.59 Å². The quantitative estimate of drug-likeness (QED) is 0.431. The van der Waals surface area contributed by atoms with Crippen molar-refractivity contribution in [1.82, 2.24) is 4.57 Å². The minimum absolute atomic E-state index is 0.0720. The van der Waals surface area contributed by atoms with Crippen LogP contribution in [0.5, 0.6) is 5.75 Å². The van der Waals surface area contributed by atoms with Gasteiger partial charge in [0.05, 0.1) is 10.6 Å². The van der Waals surface area contributed by atoms with Gasteiger partial charge < -0.3 is 9.15 Å². The summed E-state index contributed by atoms with van der Waals surface area (Å²) >= 11 is 7.36. The first kappa shape index (κ1) is 21.1. The van der Waals surface area contributed by atoms with Gasteiger partial charge in [0.15, 0.2) is 4.80 Å². The predicted molar refractivity (Wildman–Crippen MR) is 130 cm³/mol. The number of benzene rings is 2. The van der Waals surface area contributed by atoms with Crippen molar-refractivity contribution >= 4 is 34.8 Å². The maximum absolute atomic E-state index is 13.6. The van der Waals surface area contributed by atoms with Gasteiger partial charge in [-0.2, -0.15) is 0 Å². The van der Waals surface area contributed by atoms with E-state index >= 15 is 0 Å². The molecule has 0 fully saturated rings. The number of ether oxygens (including phenoxy) is 1. The molecule has 170 valence electrons. The molecule has 6 nitrogen and oxygen atoms in total. The highest BCUT2D eigenvalue weighted by molar-refractivity contribution is 7.07. The number of halogens is 1. The van der Waals surface area contributed by atoms with Gasteiger partial charge in [0.25, 0.3) is 5.56 Å². The molecule has 0 N–H and O–H groups in total. The third kappa shape index (κ3) is 3.19. The number of ketones is 1. The molecule has 2 aromatic carbocycles. The predicted octanol–water partition coefficient (Wildman–Crippen LogP) is 4.19. The third-order valence-electron chi connectivity index (χ3n) is 6.33. The van der Waals surface area contributed by atoms with Crippen LogP contribution in [-0.4, -0.2) is 16.1 Å². The van der Waals surface area contributed by atoms with Crippen LogP contribution in [0.2, 0.25) is 5.02 Å². The molecule has 0 spiro atoms. The smallest absolute Gasteiger partial charge is 0.271 e. The van der Waals surface area contributed by atoms with Crippen LogP contribution in [0.4, 0.5) is 0 Å². The van der Waals surface area contributed by atoms with Crippen molar-refractivity contribution in [3.8, 4) is 17.1 Å². The number of Topliss-reactive ketones (excluding diaryl/α,β-unsaturated/α-hetero) is 1. The number of carbonyl (C=O) groups is 1. The number of thiazole rings is 1. The Balaban J connectivity index is 1.52. The van der Waals surface area contributed by atoms with Gasteiger partial charge in [-0.05, 0) is 44.2 Å². The van der Waals surface area contributed by atoms with Crippen molar-refractivity contribution in [1.29, 1.82) is 0 Å². The van der Waals surface area contributed by atoms with E-state index in [4.69, 9.17) is 25.7 Å². The Labute approximate surface area is 203 Å². The lowest BCUT2D eigenvalue weighted by Crippen LogP contribution is -2.58. The summed E-state index contributed by atoms with van der Waals surface area (Å²) in [4.78, 5) is 31.6. The zero-order chi connectivity index (χ0) is 23.6. The van der Waals surface area contributed by atoms with E-state index < -0.39 is 17.7 Å². The second-order valence-electron chi connectivity index (χ2n) is 8.62. The lowest BCUT2D eigenvalue weighted by molar-refractivity contribution is -0.132. The van der Waals surface area contributed by atoms with Crippen LogP contribution in [0.15, 0.2) is 74.9 Å². The number of furan rings is 1. The SMILES string of the molecule is CC(=O)[C@@H]1[C@H]2c3ccccc3O[C@@]1(C)N=c1s/c(=C/c3ccc(-c4cccc(Cl)c4)o3)c(=O)n12. The number of hydrogen-bond donors (Lipinski definition) is 0. The second-order valence-corrected chi connectivity index (χ2v) is 10.1. The Bertz CT molecular complexity index is 1650. The van der Waals surface area contributed by atoms with Gasteiger partial charge in [0, 0.05) is 22.2 Å². The largest absolute Gasteiger partial charge is 0.465 e. The summed E-state index contributed by atoms with van der Waals surface area (Å²) in [7, 11) is 0. The number of fused-ring (bicyclic) bond motifs is 6. The minimum atomic E-state index is -1.08. The first-order valence-electron chi connectivity index (χ1n) is 10.8. The van der Waals surface area contributed by atoms with Gasteiger partial charge in [0.1, 0.15) is 29.0 Å². The molecule has 4 aromatic rings. The van der Waals surface area contributed by atoms with Crippen LogP contribution in [0.3, 0.4) is 0 Å². The first-order chi connectivity index (χ1) is 16.3. The fourth-order valence-corrected chi connectivity index (χ4v) is 6.18. The number of hydrogen-bond acceptors (Lipinski definition) is 6. The average Bonchev–Trinajstić information content (AvgIpc) is 3.37. The number of nitrogens with zero attached hydrogens (tertiary/aromatic N) is 2. The summed E-state index contributed by atoms with van der Waals surface area (Å²) < 4.78 is 14.3. The van der Waals surface area contributed by atoms with Crippen molar-refractivity contribution in [2.45, 2.75) is 25.6 Å². The van der Waals surface area contributed by atoms with E-state index in [1.54, 1.807) is 16.7 Å². The van der Waals surface area contributed by atoms with Crippen molar-refractivity contribution in [2.24, 2.45) is 10.9 Å². The van der Waals surface area contributed by atoms with Gasteiger partial charge in [-0.1, -0.05) is 53.3 Å². The summed E-state index contributed by atoms with van der Waals surface area (Å²) in [5.41, 5.74) is 0.372. The Morgan fingerprint density at radius 1 is 1.18 bits per heavy atom. The summed E-state index contributed by atoms with van der Waals surface area (Å²) in [5.74, 6) is 1.16. The Morgan fingerprint density at radius 3 is 2.79 bits per heavy atom. The van der Waals surface area contributed by atoms with Gasteiger partial charge >= 0.3 is 0 Å². The Hall–Kier alpha value is -3.42. The van der Waals surface area contributed by atoms with E-state index in [0.717, 1.165) is 11.1 Å². The lowest BCUT2D eigenvalue weighted by atomic mass is 9.79. The topological polar surface area (TPSA) is 73.8 Å². The van der Waals surface area contributed by atoms with Crippen LogP contribution < -0.4 is 19.6 Å². The van der Waals surface area contributed by atoms with Crippen LogP contribution in [-0.2, 0) is 4.79 Å². The minimum Gasteiger partial charge on any atom is -0.465 e. The van der Waals surface area contributed by atoms with E-state index in [2.05, 4.69) is 0 Å². The van der Waals surface area contributed by atoms with Crippen molar-refractivity contribution < 1.29 is 13.9 Å². The van der Waals surface area contributed by atoms with Crippen molar-refractivity contribution in [3.05, 3.63) is 96.7 Å². The molecule has 4 heterocycles. The summed E-state index contributed by atoms with van der Waals surface area (Å²) in [5, 5.41) is 0.618. The van der Waals surface area contributed by atoms with E-state index in [-0.39, 0.29) is 11.3 Å². The van der Waals surface area contributed by atoms with Gasteiger partial charge in [-0.15, -0.1) is 0 Å². The van der Waals surface area contributed by atoms with Crippen LogP contribution >= 0.6 is 22.9 Å². The molecular weight excluding hydrogens is 472 g/mol. The molecule has 0 amide bonds. The van der Waals surface area contributed by atoms with Crippen molar-refractivity contribution in [3.63, 3.8) is 0 Å². The molecule has 8 heteroatoms. The third-order valence-corrected chi connectivity index (χ3v) is 7.55. The van der Waals surface area contributed by atoms with E-state index in [0.29, 0.717) is 31.6 Å². The summed E-state index contributed by atoms with van der Waals surface area (Å²) in [6.45, 7) is 3.33. The maximum Gasteiger partial charge on any atom is 0.271 e. The monoisotopic (exact) mass is 490 g/mol. The molecule has 0 saturated heterocycles. The standard InChI is InChI=1S/C26H19ClN2O4S/c1-14(30)22-23-18-8-3-4-9-20(18)33-26(22,2)28-25-29(23)24(31)21(34-25)13-17-10-11-19(32-17)15-6-5-7-16(27)12-15/h3-13,22-23H,1-2H3/b21-13+/t22-,23-,26-/m1/s1. The zero-order valence-corrected chi connectivity index (χ0v) is 19.9. The van der Waals surface area contributed by atoms with Crippen molar-refractivity contribution in [2.75, 3.05) is 0 Å². The zero-order valence-electron chi connectivity index (χ0n) is 18.3. The van der Waals surface area contributed by atoms with Crippen LogP contribution in [0.25, 0.3) is 17.4 Å². The normalized spacial score (nSPS) is 23.0. The highest BCUT2D eigenvalue weighted by Gasteiger charge is 2.53. The molecule has 2 bridgehead atoms. The highest BCUT2D eigenvalue weighted by atomic mass is 35.5. The van der Waals surface area contributed by atoms with E-state index in [1.807, 2.05) is 61.5 Å². The molecule has 0 unspecified atom stereocenters. The lowest BCUT2D eigenvalue weighted by Gasteiger charge is -2.45.